The molecule has 2 bridgehead atoms. The Kier molecular flexibility index (Phi) is 10.5. The summed E-state index contributed by atoms with van der Waals surface area (Å²) in [5, 5.41) is 21.9. The topological polar surface area (TPSA) is 75.4 Å². The molecule has 0 aliphatic carbocycles. The summed E-state index contributed by atoms with van der Waals surface area (Å²) in [4.78, 5) is 2.42. The smallest absolute Gasteiger partial charge is 0.0505 e. The van der Waals surface area contributed by atoms with Gasteiger partial charge in [-0.25, -0.2) is 0 Å². The number of fused-ring (bicyclic) bond motifs is 18. The van der Waals surface area contributed by atoms with Crippen LogP contribution in [0.4, 0.5) is 0 Å². The zero-order valence-electron chi connectivity index (χ0n) is 17.9. The molecule has 160 valence electrons. The van der Waals surface area contributed by atoms with Crippen LogP contribution in [0.2, 0.25) is 0 Å². The molecule has 0 amide bonds. The highest BCUT2D eigenvalue weighted by molar-refractivity contribution is 4.89. The van der Waals surface area contributed by atoms with Crippen molar-refractivity contribution in [3.8, 4) is 0 Å². The maximum Gasteiger partial charge on any atom is 0.0505 e. The Bertz CT molecular complexity index is 337. The predicted molar refractivity (Wildman–Crippen MR) is 114 cm³/mol. The van der Waals surface area contributed by atoms with Crippen molar-refractivity contribution in [2.24, 2.45) is 23.2 Å². The summed E-state index contributed by atoms with van der Waals surface area (Å²) in [5.74, 6) is 1.79. The van der Waals surface area contributed by atoms with E-state index in [9.17, 15) is 0 Å². The summed E-state index contributed by atoms with van der Waals surface area (Å²) < 4.78 is 0. The molecule has 3 fully saturated rings. The van der Waals surface area contributed by atoms with Gasteiger partial charge in [-0.3, -0.25) is 4.90 Å². The quantitative estimate of drug-likeness (QED) is 0.314. The third-order valence-electron chi connectivity index (χ3n) is 5.46. The van der Waals surface area contributed by atoms with Crippen molar-refractivity contribution in [3.63, 3.8) is 0 Å². The summed E-state index contributed by atoms with van der Waals surface area (Å²) in [6.45, 7) is 23.2. The summed E-state index contributed by atoms with van der Waals surface area (Å²) in [5.41, 5.74) is -0.0294. The van der Waals surface area contributed by atoms with E-state index >= 15 is 0 Å². The van der Waals surface area contributed by atoms with E-state index in [1.807, 2.05) is 0 Å². The van der Waals surface area contributed by atoms with E-state index in [4.69, 9.17) is 0 Å². The van der Waals surface area contributed by atoms with Gasteiger partial charge in [0.15, 0.2) is 0 Å². The second-order valence-electron chi connectivity index (χ2n) is 9.22. The summed E-state index contributed by atoms with van der Waals surface area (Å²) in [6, 6.07) is 0. The lowest BCUT2D eigenvalue weighted by Crippen LogP contribution is -2.52. The van der Waals surface area contributed by atoms with Crippen LogP contribution in [-0.2, 0) is 0 Å². The fourth-order valence-corrected chi connectivity index (χ4v) is 3.73. The molecule has 3 unspecified atom stereocenters. The fraction of sp³-hybridized carbons (Fsp3) is 0.950. The van der Waals surface area contributed by atoms with Crippen LogP contribution >= 0.6 is 0 Å². The van der Waals surface area contributed by atoms with Gasteiger partial charge in [-0.05, 0) is 57.0 Å². The van der Waals surface area contributed by atoms with E-state index in [0.717, 1.165) is 78.9 Å². The minimum Gasteiger partial charge on any atom is -0.334 e. The summed E-state index contributed by atoms with van der Waals surface area (Å²) in [6.07, 6.45) is 0. The number of rotatable bonds is 0. The largest absolute Gasteiger partial charge is 0.334 e. The van der Waals surface area contributed by atoms with Crippen molar-refractivity contribution in [1.29, 1.82) is 0 Å². The van der Waals surface area contributed by atoms with Gasteiger partial charge in [0.25, 0.3) is 0 Å². The minimum atomic E-state index is -0.0294. The van der Waals surface area contributed by atoms with E-state index in [0.29, 0.717) is 17.8 Å². The second-order valence-corrected chi connectivity index (χ2v) is 9.22. The molecule has 0 aromatic carbocycles. The fourth-order valence-electron chi connectivity index (χ4n) is 3.73. The molecule has 0 aromatic rings. The van der Waals surface area contributed by atoms with Crippen LogP contribution in [0.3, 0.4) is 0 Å². The lowest BCUT2D eigenvalue weighted by atomic mass is 9.89. The number of nitrogens with one attached hydrogen (secondary N) is 6. The maximum atomic E-state index is 4.59. The molecule has 3 aliphatic heterocycles. The molecule has 6 N–H and O–H groups in total. The highest BCUT2D eigenvalue weighted by Gasteiger charge is 2.19. The molecule has 3 saturated heterocycles. The highest BCUT2D eigenvalue weighted by atomic mass is 15.3. The lowest BCUT2D eigenvalue weighted by Gasteiger charge is -2.39. The standard InChI is InChI=1S/C20H44N7/c1-17-5-21-11-20(4)12-22-6-18(2)9-25-15-27(14-24-8-17)16-26-10-19(3)7-23-13-20/h17-19,21-26H,4-16H2,1-3H3/q-1. The Labute approximate surface area is 167 Å². The van der Waals surface area contributed by atoms with Crippen molar-refractivity contribution in [3.05, 3.63) is 6.92 Å². The van der Waals surface area contributed by atoms with Gasteiger partial charge in [0.2, 0.25) is 0 Å². The molecule has 3 heterocycles. The Morgan fingerprint density at radius 3 is 1.22 bits per heavy atom. The van der Waals surface area contributed by atoms with Gasteiger partial charge in [0.1, 0.15) is 0 Å². The average molecular weight is 383 g/mol. The van der Waals surface area contributed by atoms with E-state index < -0.39 is 0 Å². The van der Waals surface area contributed by atoms with Gasteiger partial charge >= 0.3 is 0 Å². The summed E-state index contributed by atoms with van der Waals surface area (Å²) in [7, 11) is 0. The molecule has 0 aromatic heterocycles. The molecule has 7 heteroatoms. The molecule has 3 atom stereocenters. The van der Waals surface area contributed by atoms with Crippen molar-refractivity contribution < 1.29 is 0 Å². The van der Waals surface area contributed by atoms with Crippen LogP contribution in [0, 0.1) is 30.1 Å². The monoisotopic (exact) mass is 382 g/mol. The first-order valence-corrected chi connectivity index (χ1v) is 10.8. The SMILES string of the molecule is [CH2-]C12CNCC(C)CNCN(CNCC(C)CNC1)CNCC(C)CNC2. The second kappa shape index (κ2) is 12.3. The number of hydrogen-bond acceptors (Lipinski definition) is 7. The molecule has 0 saturated carbocycles. The minimum absolute atomic E-state index is 0.0294. The summed E-state index contributed by atoms with van der Waals surface area (Å²) >= 11 is 0. The Balaban J connectivity index is 2.08. The Hall–Kier alpha value is -0.280. The van der Waals surface area contributed by atoms with Crippen molar-refractivity contribution in [2.75, 3.05) is 78.9 Å². The normalized spacial score (nSPS) is 39.6. The molecular weight excluding hydrogens is 338 g/mol. The molecule has 3 aliphatic rings. The first-order valence-electron chi connectivity index (χ1n) is 10.8. The van der Waals surface area contributed by atoms with Gasteiger partial charge in [-0.1, -0.05) is 20.8 Å². The molecule has 7 nitrogen and oxygen atoms in total. The first kappa shape index (κ1) is 23.0. The third kappa shape index (κ3) is 9.65. The molecule has 0 spiro atoms. The predicted octanol–water partition coefficient (Wildman–Crippen LogP) is -0.546. The van der Waals surface area contributed by atoms with Crippen LogP contribution < -0.4 is 31.9 Å². The van der Waals surface area contributed by atoms with Crippen LogP contribution in [-0.4, -0.2) is 83.8 Å². The van der Waals surface area contributed by atoms with Gasteiger partial charge < -0.3 is 38.8 Å². The zero-order valence-corrected chi connectivity index (χ0v) is 17.9. The van der Waals surface area contributed by atoms with Crippen molar-refractivity contribution >= 4 is 0 Å². The number of nitrogens with zero attached hydrogens (tertiary/aromatic N) is 1. The van der Waals surface area contributed by atoms with E-state index in [-0.39, 0.29) is 5.41 Å². The molecule has 3 rings (SSSR count). The van der Waals surface area contributed by atoms with Crippen LogP contribution in [0.25, 0.3) is 0 Å². The maximum absolute atomic E-state index is 4.59. The third-order valence-corrected chi connectivity index (χ3v) is 5.46. The van der Waals surface area contributed by atoms with Crippen LogP contribution in [0.15, 0.2) is 0 Å². The molecular formula is C20H44N7-. The lowest BCUT2D eigenvalue weighted by molar-refractivity contribution is 0.200. The number of hydrogen-bond donors (Lipinski definition) is 6. The Morgan fingerprint density at radius 1 is 0.593 bits per heavy atom. The van der Waals surface area contributed by atoms with E-state index in [1.54, 1.807) is 0 Å². The molecule has 0 radical (unpaired) electrons. The van der Waals surface area contributed by atoms with Gasteiger partial charge in [-0.15, -0.1) is 5.41 Å². The molecule has 27 heavy (non-hydrogen) atoms. The Morgan fingerprint density at radius 2 is 0.889 bits per heavy atom. The average Bonchev–Trinajstić information content (AvgIpc) is 2.60. The van der Waals surface area contributed by atoms with E-state index in [2.05, 4.69) is 64.5 Å². The first-order chi connectivity index (χ1) is 13.0. The van der Waals surface area contributed by atoms with Gasteiger partial charge in [0, 0.05) is 19.6 Å². The van der Waals surface area contributed by atoms with E-state index in [1.165, 1.54) is 0 Å². The zero-order chi connectivity index (χ0) is 19.5. The van der Waals surface area contributed by atoms with Crippen LogP contribution in [0.5, 0.6) is 0 Å². The van der Waals surface area contributed by atoms with Gasteiger partial charge in [-0.2, -0.15) is 0 Å². The van der Waals surface area contributed by atoms with Crippen molar-refractivity contribution in [2.45, 2.75) is 20.8 Å². The van der Waals surface area contributed by atoms with Crippen molar-refractivity contribution in [1.82, 2.24) is 36.8 Å². The van der Waals surface area contributed by atoms with Gasteiger partial charge in [0.05, 0.1) is 20.0 Å². The van der Waals surface area contributed by atoms with Crippen LogP contribution in [0.1, 0.15) is 20.8 Å². The highest BCUT2D eigenvalue weighted by Crippen LogP contribution is 2.13.